The molecule has 1 aliphatic rings. The molecule has 1 atom stereocenters. The van der Waals surface area contributed by atoms with Crippen molar-refractivity contribution in [2.45, 2.75) is 25.3 Å². The summed E-state index contributed by atoms with van der Waals surface area (Å²) in [6, 6.07) is 9.40. The van der Waals surface area contributed by atoms with Crippen LogP contribution in [0.3, 0.4) is 0 Å². The molecule has 120 valence electrons. The smallest absolute Gasteiger partial charge is 0.251 e. The molecule has 0 bridgehead atoms. The first-order valence-electron chi connectivity index (χ1n) is 7.00. The van der Waals surface area contributed by atoms with Crippen molar-refractivity contribution in [2.75, 3.05) is 6.54 Å². The molecule has 1 unspecified atom stereocenters. The van der Waals surface area contributed by atoms with Gasteiger partial charge in [0.05, 0.1) is 11.1 Å². The van der Waals surface area contributed by atoms with Crippen molar-refractivity contribution in [3.05, 3.63) is 42.1 Å². The number of rotatable bonds is 4. The van der Waals surface area contributed by atoms with Crippen molar-refractivity contribution in [3.63, 3.8) is 0 Å². The zero-order chi connectivity index (χ0) is 14.2. The van der Waals surface area contributed by atoms with Gasteiger partial charge in [0.2, 0.25) is 0 Å². The maximum absolute atomic E-state index is 12.4. The number of carbonyl (C=O) groups is 1. The van der Waals surface area contributed by atoms with E-state index in [4.69, 9.17) is 5.73 Å². The maximum atomic E-state index is 12.4. The van der Waals surface area contributed by atoms with Crippen LogP contribution in [0.15, 0.2) is 36.5 Å². The number of nitrogens with zero attached hydrogens (tertiary/aromatic N) is 1. The van der Waals surface area contributed by atoms with Crippen molar-refractivity contribution in [1.82, 2.24) is 10.3 Å². The lowest BCUT2D eigenvalue weighted by molar-refractivity contribution is 0.0898. The molecule has 3 N–H and O–H groups in total. The van der Waals surface area contributed by atoms with Crippen molar-refractivity contribution >= 4 is 41.6 Å². The van der Waals surface area contributed by atoms with E-state index in [2.05, 4.69) is 10.3 Å². The molecule has 1 heterocycles. The molecule has 1 fully saturated rings. The number of hydrogen-bond acceptors (Lipinski definition) is 3. The van der Waals surface area contributed by atoms with Crippen molar-refractivity contribution < 1.29 is 4.79 Å². The first-order chi connectivity index (χ1) is 9.62. The predicted octanol–water partition coefficient (Wildman–Crippen LogP) is 2.94. The maximum Gasteiger partial charge on any atom is 0.251 e. The number of hydrogen-bond donors (Lipinski definition) is 2. The van der Waals surface area contributed by atoms with Gasteiger partial charge < -0.3 is 11.1 Å². The van der Waals surface area contributed by atoms with E-state index in [1.54, 1.807) is 6.20 Å². The Labute approximate surface area is 142 Å². The van der Waals surface area contributed by atoms with Gasteiger partial charge in [0.25, 0.3) is 5.91 Å². The molecule has 22 heavy (non-hydrogen) atoms. The highest BCUT2D eigenvalue weighted by molar-refractivity contribution is 5.98. The summed E-state index contributed by atoms with van der Waals surface area (Å²) in [5, 5.41) is 4.07. The average Bonchev–Trinajstić information content (AvgIpc) is 3.31. The second-order valence-electron chi connectivity index (χ2n) is 5.76. The first-order valence-corrected chi connectivity index (χ1v) is 7.00. The molecule has 1 aromatic heterocycles. The van der Waals surface area contributed by atoms with Gasteiger partial charge in [0.15, 0.2) is 0 Å². The molecule has 1 amide bonds. The molecule has 1 saturated carbocycles. The van der Waals surface area contributed by atoms with E-state index in [1.807, 2.05) is 37.3 Å². The summed E-state index contributed by atoms with van der Waals surface area (Å²) in [5.74, 6) is 0.453. The fourth-order valence-corrected chi connectivity index (χ4v) is 2.59. The molecule has 0 aliphatic heterocycles. The van der Waals surface area contributed by atoms with Crippen LogP contribution in [0.25, 0.3) is 10.9 Å². The highest BCUT2D eigenvalue weighted by Gasteiger charge is 2.41. The molecule has 1 aromatic carbocycles. The van der Waals surface area contributed by atoms with E-state index in [9.17, 15) is 4.79 Å². The largest absolute Gasteiger partial charge is 0.345 e. The lowest BCUT2D eigenvalue weighted by Crippen LogP contribution is -2.53. The molecule has 1 aliphatic carbocycles. The number of halogens is 2. The van der Waals surface area contributed by atoms with Crippen molar-refractivity contribution in [1.29, 1.82) is 0 Å². The van der Waals surface area contributed by atoms with Gasteiger partial charge in [-0.3, -0.25) is 9.78 Å². The van der Waals surface area contributed by atoms with Crippen LogP contribution in [-0.4, -0.2) is 23.0 Å². The summed E-state index contributed by atoms with van der Waals surface area (Å²) in [4.78, 5) is 16.7. The normalized spacial score (nSPS) is 16.1. The number of pyridine rings is 1. The zero-order valence-corrected chi connectivity index (χ0v) is 14.0. The highest BCUT2D eigenvalue weighted by atomic mass is 35.5. The SMILES string of the molecule is CC(CN)(NC(=O)c1ccc2ncccc2c1)C1CC1.Cl.Cl. The molecular weight excluding hydrogens is 321 g/mol. The third-order valence-corrected chi connectivity index (χ3v) is 4.17. The van der Waals surface area contributed by atoms with E-state index < -0.39 is 0 Å². The Balaban J connectivity index is 0.00000121. The van der Waals surface area contributed by atoms with Crippen molar-refractivity contribution in [2.24, 2.45) is 11.7 Å². The minimum absolute atomic E-state index is 0. The van der Waals surface area contributed by atoms with Gasteiger partial charge in [-0.1, -0.05) is 6.07 Å². The van der Waals surface area contributed by atoms with Gasteiger partial charge in [-0.2, -0.15) is 0 Å². The van der Waals surface area contributed by atoms with E-state index >= 15 is 0 Å². The number of aromatic nitrogens is 1. The number of nitrogens with two attached hydrogens (primary N) is 1. The summed E-state index contributed by atoms with van der Waals surface area (Å²) in [7, 11) is 0. The number of fused-ring (bicyclic) bond motifs is 1. The summed E-state index contributed by atoms with van der Waals surface area (Å²) in [5.41, 5.74) is 7.10. The summed E-state index contributed by atoms with van der Waals surface area (Å²) in [6.45, 7) is 2.50. The summed E-state index contributed by atoms with van der Waals surface area (Å²) < 4.78 is 0. The van der Waals surface area contributed by atoms with E-state index in [0.717, 1.165) is 23.7 Å². The molecule has 4 nitrogen and oxygen atoms in total. The van der Waals surface area contributed by atoms with Crippen LogP contribution in [0.2, 0.25) is 0 Å². The van der Waals surface area contributed by atoms with Gasteiger partial charge in [0.1, 0.15) is 0 Å². The molecule has 6 heteroatoms. The van der Waals surface area contributed by atoms with Gasteiger partial charge in [-0.25, -0.2) is 0 Å². The third-order valence-electron chi connectivity index (χ3n) is 4.17. The van der Waals surface area contributed by atoms with Crippen LogP contribution < -0.4 is 11.1 Å². The number of benzene rings is 1. The monoisotopic (exact) mass is 341 g/mol. The first kappa shape index (κ1) is 18.7. The van der Waals surface area contributed by atoms with E-state index in [-0.39, 0.29) is 36.3 Å². The minimum Gasteiger partial charge on any atom is -0.345 e. The Kier molecular flexibility index (Phi) is 6.17. The molecule has 0 saturated heterocycles. The summed E-state index contributed by atoms with van der Waals surface area (Å²) >= 11 is 0. The second kappa shape index (κ2) is 7.27. The van der Waals surface area contributed by atoms with Gasteiger partial charge in [-0.05, 0) is 49.9 Å². The topological polar surface area (TPSA) is 68.0 Å². The lowest BCUT2D eigenvalue weighted by Gasteiger charge is -2.29. The Bertz CT molecular complexity index is 661. The molecular formula is C16H21Cl2N3O. The zero-order valence-electron chi connectivity index (χ0n) is 12.4. The number of nitrogens with one attached hydrogen (secondary N) is 1. The number of amides is 1. The lowest BCUT2D eigenvalue weighted by atomic mass is 9.95. The van der Waals surface area contributed by atoms with E-state index in [0.29, 0.717) is 18.0 Å². The quantitative estimate of drug-likeness (QED) is 0.898. The Morgan fingerprint density at radius 1 is 1.36 bits per heavy atom. The van der Waals surface area contributed by atoms with Gasteiger partial charge in [-0.15, -0.1) is 24.8 Å². The van der Waals surface area contributed by atoms with E-state index in [1.165, 1.54) is 0 Å². The second-order valence-corrected chi connectivity index (χ2v) is 5.76. The Hall–Kier alpha value is -1.36. The number of carbonyl (C=O) groups excluding carboxylic acids is 1. The van der Waals surface area contributed by atoms with Gasteiger partial charge in [0, 0.05) is 23.7 Å². The molecule has 3 rings (SSSR count). The standard InChI is InChI=1S/C16H19N3O.2ClH/c1-16(10-17,13-5-6-13)19-15(20)12-4-7-14-11(9-12)3-2-8-18-14;;/h2-4,7-9,13H,5-6,10,17H2,1H3,(H,19,20);2*1H. The van der Waals surface area contributed by atoms with Crippen LogP contribution in [0.4, 0.5) is 0 Å². The summed E-state index contributed by atoms with van der Waals surface area (Å²) in [6.07, 6.45) is 4.05. The molecule has 2 aromatic rings. The van der Waals surface area contributed by atoms with Crippen LogP contribution in [0, 0.1) is 5.92 Å². The van der Waals surface area contributed by atoms with Crippen LogP contribution in [0.5, 0.6) is 0 Å². The minimum atomic E-state index is -0.291. The van der Waals surface area contributed by atoms with Crippen molar-refractivity contribution in [3.8, 4) is 0 Å². The Morgan fingerprint density at radius 3 is 2.73 bits per heavy atom. The molecule has 0 spiro atoms. The predicted molar refractivity (Wildman–Crippen MR) is 93.9 cm³/mol. The highest BCUT2D eigenvalue weighted by Crippen LogP contribution is 2.39. The van der Waals surface area contributed by atoms with Crippen LogP contribution in [0.1, 0.15) is 30.1 Å². The molecule has 0 radical (unpaired) electrons. The Morgan fingerprint density at radius 2 is 2.09 bits per heavy atom. The fraction of sp³-hybridized carbons (Fsp3) is 0.375. The average molecular weight is 342 g/mol. The van der Waals surface area contributed by atoms with Crippen LogP contribution >= 0.6 is 24.8 Å². The van der Waals surface area contributed by atoms with Crippen LogP contribution in [-0.2, 0) is 0 Å². The van der Waals surface area contributed by atoms with Gasteiger partial charge >= 0.3 is 0 Å². The fourth-order valence-electron chi connectivity index (χ4n) is 2.59. The third kappa shape index (κ3) is 3.69.